The van der Waals surface area contributed by atoms with Gasteiger partial charge in [-0.2, -0.15) is 0 Å². The first-order chi connectivity index (χ1) is 12.5. The third kappa shape index (κ3) is 3.94. The normalized spacial score (nSPS) is 22.0. The number of benzene rings is 1. The minimum absolute atomic E-state index is 0.00650. The fourth-order valence-corrected chi connectivity index (χ4v) is 3.80. The third-order valence-electron chi connectivity index (χ3n) is 5.12. The Hall–Kier alpha value is -2.24. The minimum atomic E-state index is -1.03. The number of hydrogen-bond donors (Lipinski definition) is 1. The van der Waals surface area contributed by atoms with E-state index in [9.17, 15) is 18.4 Å². The summed E-state index contributed by atoms with van der Waals surface area (Å²) in [5.41, 5.74) is 0.555. The lowest BCUT2D eigenvalue weighted by Crippen LogP contribution is -2.35. The van der Waals surface area contributed by atoms with E-state index in [2.05, 4.69) is 5.32 Å². The van der Waals surface area contributed by atoms with Crippen molar-refractivity contribution in [3.63, 3.8) is 0 Å². The molecule has 2 aliphatic rings. The predicted octanol–water partition coefficient (Wildman–Crippen LogP) is 4.11. The van der Waals surface area contributed by atoms with Crippen molar-refractivity contribution in [1.82, 2.24) is 5.32 Å². The van der Waals surface area contributed by atoms with Gasteiger partial charge in [0.2, 0.25) is 5.91 Å². The van der Waals surface area contributed by atoms with E-state index in [0.29, 0.717) is 5.70 Å². The Balaban J connectivity index is 1.90. The van der Waals surface area contributed by atoms with Crippen molar-refractivity contribution < 1.29 is 23.1 Å². The summed E-state index contributed by atoms with van der Waals surface area (Å²) in [6, 6.07) is 3.81. The van der Waals surface area contributed by atoms with Crippen LogP contribution in [0.5, 0.6) is 0 Å². The number of nitrogens with one attached hydrogen (secondary N) is 1. The number of carbonyl (C=O) groups excluding carboxylic acids is 2. The molecule has 3 rings (SSSR count). The summed E-state index contributed by atoms with van der Waals surface area (Å²) >= 11 is 0. The highest BCUT2D eigenvalue weighted by atomic mass is 19.2. The monoisotopic (exact) mass is 363 g/mol. The van der Waals surface area contributed by atoms with Crippen LogP contribution >= 0.6 is 0 Å². The van der Waals surface area contributed by atoms with Crippen LogP contribution in [0.25, 0.3) is 0 Å². The molecular formula is C20H23F2NO3. The summed E-state index contributed by atoms with van der Waals surface area (Å²) < 4.78 is 33.6. The average Bonchev–Trinajstić information content (AvgIpc) is 2.85. The van der Waals surface area contributed by atoms with Crippen molar-refractivity contribution in [3.8, 4) is 0 Å². The van der Waals surface area contributed by atoms with Gasteiger partial charge in [-0.1, -0.05) is 25.0 Å². The molecule has 6 heteroatoms. The first kappa shape index (κ1) is 18.5. The lowest BCUT2D eigenvalue weighted by atomic mass is 9.84. The first-order valence-electron chi connectivity index (χ1n) is 9.13. The maximum atomic E-state index is 14.3. The Labute approximate surface area is 151 Å². The number of amides is 1. The lowest BCUT2D eigenvalue weighted by molar-refractivity contribution is -0.145. The van der Waals surface area contributed by atoms with E-state index in [-0.39, 0.29) is 29.6 Å². The van der Waals surface area contributed by atoms with E-state index in [1.54, 1.807) is 6.92 Å². The van der Waals surface area contributed by atoms with Gasteiger partial charge in [-0.25, -0.2) is 13.6 Å². The molecule has 1 unspecified atom stereocenters. The fourth-order valence-electron chi connectivity index (χ4n) is 3.80. The van der Waals surface area contributed by atoms with Crippen LogP contribution in [0.15, 0.2) is 29.5 Å². The first-order valence-corrected chi connectivity index (χ1v) is 9.13. The number of hydrogen-bond acceptors (Lipinski definition) is 3. The molecule has 1 heterocycles. The SMILES string of the molecule is CC1=C(C(=O)OC2CCCCCC2)C(c2cccc(F)c2F)CC(=O)N1. The average molecular weight is 363 g/mol. The number of rotatable bonds is 3. The molecule has 1 amide bonds. The van der Waals surface area contributed by atoms with Gasteiger partial charge in [-0.15, -0.1) is 0 Å². The Kier molecular flexibility index (Phi) is 5.69. The highest BCUT2D eigenvalue weighted by molar-refractivity contribution is 5.95. The van der Waals surface area contributed by atoms with Crippen LogP contribution in [-0.4, -0.2) is 18.0 Å². The predicted molar refractivity (Wildman–Crippen MR) is 92.1 cm³/mol. The molecule has 1 N–H and O–H groups in total. The topological polar surface area (TPSA) is 55.4 Å². The summed E-state index contributed by atoms with van der Waals surface area (Å²) in [7, 11) is 0. The van der Waals surface area contributed by atoms with Crippen LogP contribution in [0.4, 0.5) is 8.78 Å². The zero-order valence-electron chi connectivity index (χ0n) is 14.8. The molecular weight excluding hydrogens is 340 g/mol. The summed E-state index contributed by atoms with van der Waals surface area (Å²) in [6.45, 7) is 1.59. The summed E-state index contributed by atoms with van der Waals surface area (Å²) in [6.07, 6.45) is 5.61. The van der Waals surface area contributed by atoms with Crippen LogP contribution in [0.1, 0.15) is 63.4 Å². The molecule has 1 fully saturated rings. The third-order valence-corrected chi connectivity index (χ3v) is 5.12. The van der Waals surface area contributed by atoms with E-state index in [1.807, 2.05) is 0 Å². The molecule has 4 nitrogen and oxygen atoms in total. The second kappa shape index (κ2) is 7.98. The van der Waals surface area contributed by atoms with E-state index >= 15 is 0 Å². The number of allylic oxidation sites excluding steroid dienone is 1. The van der Waals surface area contributed by atoms with E-state index < -0.39 is 23.5 Å². The molecule has 1 aromatic rings. The Morgan fingerprint density at radius 3 is 2.54 bits per heavy atom. The largest absolute Gasteiger partial charge is 0.459 e. The summed E-state index contributed by atoms with van der Waals surface area (Å²) in [4.78, 5) is 24.8. The van der Waals surface area contributed by atoms with Gasteiger partial charge in [-0.05, 0) is 44.2 Å². The Bertz CT molecular complexity index is 737. The standard InChI is InChI=1S/C20H23F2NO3/c1-12-18(20(25)26-13-7-4-2-3-5-8-13)15(11-17(24)23-12)14-9-6-10-16(21)19(14)22/h6,9-10,13,15H,2-5,7-8,11H2,1H3,(H,23,24). The van der Waals surface area contributed by atoms with Crippen LogP contribution in [0.2, 0.25) is 0 Å². The molecule has 0 spiro atoms. The van der Waals surface area contributed by atoms with Crippen molar-refractivity contribution in [2.75, 3.05) is 0 Å². The van der Waals surface area contributed by atoms with Gasteiger partial charge in [0.25, 0.3) is 0 Å². The van der Waals surface area contributed by atoms with E-state index in [4.69, 9.17) is 4.74 Å². The van der Waals surface area contributed by atoms with Gasteiger partial charge in [0.1, 0.15) is 6.10 Å². The van der Waals surface area contributed by atoms with Crippen LogP contribution in [0.3, 0.4) is 0 Å². The van der Waals surface area contributed by atoms with Gasteiger partial charge < -0.3 is 10.1 Å². The molecule has 1 atom stereocenters. The number of halogens is 2. The van der Waals surface area contributed by atoms with Crippen molar-refractivity contribution in [1.29, 1.82) is 0 Å². The second-order valence-electron chi connectivity index (χ2n) is 7.01. The van der Waals surface area contributed by atoms with Crippen molar-refractivity contribution in [2.45, 2.75) is 63.9 Å². The zero-order valence-corrected chi connectivity index (χ0v) is 14.8. The molecule has 0 bridgehead atoms. The molecule has 1 aromatic carbocycles. The number of carbonyl (C=O) groups is 2. The van der Waals surface area contributed by atoms with Gasteiger partial charge in [0.05, 0.1) is 5.57 Å². The summed E-state index contributed by atoms with van der Waals surface area (Å²) in [5.74, 6) is -3.76. The molecule has 140 valence electrons. The number of ether oxygens (including phenoxy) is 1. The molecule has 0 saturated heterocycles. The van der Waals surface area contributed by atoms with E-state index in [0.717, 1.165) is 44.6 Å². The molecule has 0 aromatic heterocycles. The number of esters is 1. The zero-order chi connectivity index (χ0) is 18.7. The quantitative estimate of drug-likeness (QED) is 0.650. The highest BCUT2D eigenvalue weighted by Crippen LogP contribution is 2.36. The minimum Gasteiger partial charge on any atom is -0.459 e. The second-order valence-corrected chi connectivity index (χ2v) is 7.01. The summed E-state index contributed by atoms with van der Waals surface area (Å²) in [5, 5.41) is 2.62. The van der Waals surface area contributed by atoms with Crippen molar-refractivity contribution >= 4 is 11.9 Å². The van der Waals surface area contributed by atoms with Crippen LogP contribution in [0, 0.1) is 11.6 Å². The van der Waals surface area contributed by atoms with Crippen molar-refractivity contribution in [3.05, 3.63) is 46.7 Å². The van der Waals surface area contributed by atoms with Gasteiger partial charge in [0.15, 0.2) is 11.6 Å². The molecule has 26 heavy (non-hydrogen) atoms. The van der Waals surface area contributed by atoms with Gasteiger partial charge >= 0.3 is 5.97 Å². The Morgan fingerprint density at radius 2 is 1.85 bits per heavy atom. The maximum Gasteiger partial charge on any atom is 0.336 e. The molecule has 1 aliphatic carbocycles. The molecule has 0 radical (unpaired) electrons. The van der Waals surface area contributed by atoms with Crippen molar-refractivity contribution in [2.24, 2.45) is 0 Å². The maximum absolute atomic E-state index is 14.3. The lowest BCUT2D eigenvalue weighted by Gasteiger charge is -2.28. The molecule has 1 aliphatic heterocycles. The van der Waals surface area contributed by atoms with Gasteiger partial charge in [-0.3, -0.25) is 4.79 Å². The van der Waals surface area contributed by atoms with Crippen LogP contribution < -0.4 is 5.32 Å². The van der Waals surface area contributed by atoms with Gasteiger partial charge in [0, 0.05) is 18.0 Å². The van der Waals surface area contributed by atoms with E-state index in [1.165, 1.54) is 12.1 Å². The highest BCUT2D eigenvalue weighted by Gasteiger charge is 2.35. The fraction of sp³-hybridized carbons (Fsp3) is 0.500. The van der Waals surface area contributed by atoms with Crippen LogP contribution in [-0.2, 0) is 14.3 Å². The Morgan fingerprint density at radius 1 is 1.15 bits per heavy atom. The molecule has 1 saturated carbocycles. The smallest absolute Gasteiger partial charge is 0.336 e.